The Morgan fingerprint density at radius 3 is 2.81 bits per heavy atom. The Balaban J connectivity index is 1.26. The molecule has 0 saturated carbocycles. The third-order valence-corrected chi connectivity index (χ3v) is 5.78. The Labute approximate surface area is 178 Å². The number of hydrogen-bond donors (Lipinski definition) is 0. The third kappa shape index (κ3) is 4.31. The number of aromatic nitrogens is 4. The van der Waals surface area contributed by atoms with E-state index in [9.17, 15) is 8.78 Å². The van der Waals surface area contributed by atoms with Gasteiger partial charge in [0.2, 0.25) is 5.88 Å². The molecule has 0 bridgehead atoms. The van der Waals surface area contributed by atoms with Crippen molar-refractivity contribution in [3.63, 3.8) is 0 Å². The van der Waals surface area contributed by atoms with E-state index in [4.69, 9.17) is 9.47 Å². The minimum absolute atomic E-state index is 0.194. The van der Waals surface area contributed by atoms with Crippen LogP contribution < -0.4 is 9.64 Å². The normalized spacial score (nSPS) is 17.3. The molecular weight excluding hydrogens is 406 g/mol. The summed E-state index contributed by atoms with van der Waals surface area (Å²) in [5, 5.41) is 5.12. The van der Waals surface area contributed by atoms with Crippen LogP contribution in [0.1, 0.15) is 11.3 Å². The summed E-state index contributed by atoms with van der Waals surface area (Å²) in [5.74, 6) is 0.194. The summed E-state index contributed by atoms with van der Waals surface area (Å²) in [6.07, 6.45) is 0.748. The second kappa shape index (κ2) is 8.72. The maximum Gasteiger partial charge on any atom is 0.272 e. The molecule has 1 fully saturated rings. The molecule has 0 unspecified atom stereocenters. The fourth-order valence-corrected chi connectivity index (χ4v) is 4.14. The Kier molecular flexibility index (Phi) is 5.65. The predicted molar refractivity (Wildman–Crippen MR) is 110 cm³/mol. The number of rotatable bonds is 6. The molecule has 0 amide bonds. The van der Waals surface area contributed by atoms with Crippen LogP contribution in [0, 0.1) is 0 Å². The highest BCUT2D eigenvalue weighted by atomic mass is 19.3. The summed E-state index contributed by atoms with van der Waals surface area (Å²) in [4.78, 5) is 13.0. The topological polar surface area (TPSA) is 68.5 Å². The van der Waals surface area contributed by atoms with Crippen LogP contribution in [0.25, 0.3) is 10.9 Å². The molecule has 0 radical (unpaired) electrons. The molecule has 0 spiro atoms. The van der Waals surface area contributed by atoms with Crippen LogP contribution in [0.2, 0.25) is 0 Å². The lowest BCUT2D eigenvalue weighted by atomic mass is 10.1. The molecule has 10 heteroatoms. The van der Waals surface area contributed by atoms with Gasteiger partial charge in [-0.3, -0.25) is 9.58 Å². The molecule has 0 atom stereocenters. The number of anilines is 1. The zero-order chi connectivity index (χ0) is 21.2. The minimum Gasteiger partial charge on any atom is -0.471 e. The first kappa shape index (κ1) is 20.1. The van der Waals surface area contributed by atoms with Crippen LogP contribution in [0.3, 0.4) is 0 Å². The molecule has 1 saturated heterocycles. The van der Waals surface area contributed by atoms with E-state index in [1.807, 2.05) is 29.1 Å². The molecule has 2 aliphatic rings. The van der Waals surface area contributed by atoms with Gasteiger partial charge in [0.1, 0.15) is 6.33 Å². The monoisotopic (exact) mass is 430 g/mol. The maximum absolute atomic E-state index is 12.6. The highest BCUT2D eigenvalue weighted by molar-refractivity contribution is 5.86. The van der Waals surface area contributed by atoms with Crippen molar-refractivity contribution in [2.24, 2.45) is 0 Å². The van der Waals surface area contributed by atoms with E-state index in [-0.39, 0.29) is 5.88 Å². The fourth-order valence-electron chi connectivity index (χ4n) is 4.14. The largest absolute Gasteiger partial charge is 0.471 e. The molecule has 1 aromatic carbocycles. The Bertz CT molecular complexity index is 1050. The van der Waals surface area contributed by atoms with Gasteiger partial charge in [-0.15, -0.1) is 0 Å². The number of piperazine rings is 1. The number of fused-ring (bicyclic) bond motifs is 2. The molecule has 5 rings (SSSR count). The third-order valence-electron chi connectivity index (χ3n) is 5.78. The summed E-state index contributed by atoms with van der Waals surface area (Å²) >= 11 is 0. The van der Waals surface area contributed by atoms with E-state index in [1.165, 1.54) is 17.6 Å². The smallest absolute Gasteiger partial charge is 0.272 e. The van der Waals surface area contributed by atoms with Crippen LogP contribution >= 0.6 is 0 Å². The molecule has 4 heterocycles. The number of benzene rings is 1. The van der Waals surface area contributed by atoms with E-state index in [1.54, 1.807) is 0 Å². The standard InChI is InChI=1S/C21H24F2N6O2/c22-20(23)13-31-21-17-9-16(1-2-18(17)24-14-25-21)28-5-3-27(4-6-28)11-15-10-26-29-7-8-30-12-19(15)29/h1-2,9-10,14,20H,3-8,11-13H2. The van der Waals surface area contributed by atoms with E-state index in [0.29, 0.717) is 17.5 Å². The molecular formula is C21H24F2N6O2. The molecule has 164 valence electrons. The van der Waals surface area contributed by atoms with Crippen molar-refractivity contribution in [2.75, 3.05) is 44.3 Å². The van der Waals surface area contributed by atoms with Crippen LogP contribution in [-0.2, 0) is 24.4 Å². The number of halogens is 2. The lowest BCUT2D eigenvalue weighted by molar-refractivity contribution is 0.0786. The highest BCUT2D eigenvalue weighted by Gasteiger charge is 2.22. The number of nitrogens with zero attached hydrogens (tertiary/aromatic N) is 6. The van der Waals surface area contributed by atoms with Gasteiger partial charge < -0.3 is 14.4 Å². The first-order valence-corrected chi connectivity index (χ1v) is 10.4. The van der Waals surface area contributed by atoms with Gasteiger partial charge in [0, 0.05) is 44.0 Å². The molecule has 31 heavy (non-hydrogen) atoms. The van der Waals surface area contributed by atoms with E-state index >= 15 is 0 Å². The lowest BCUT2D eigenvalue weighted by Crippen LogP contribution is -2.46. The van der Waals surface area contributed by atoms with Gasteiger partial charge in [-0.25, -0.2) is 18.7 Å². The molecule has 0 N–H and O–H groups in total. The summed E-state index contributed by atoms with van der Waals surface area (Å²) < 4.78 is 37.9. The highest BCUT2D eigenvalue weighted by Crippen LogP contribution is 2.28. The van der Waals surface area contributed by atoms with Crippen molar-refractivity contribution < 1.29 is 18.3 Å². The second-order valence-corrected chi connectivity index (χ2v) is 7.74. The van der Waals surface area contributed by atoms with Gasteiger partial charge >= 0.3 is 0 Å². The van der Waals surface area contributed by atoms with Crippen molar-refractivity contribution in [1.29, 1.82) is 0 Å². The zero-order valence-corrected chi connectivity index (χ0v) is 17.1. The van der Waals surface area contributed by atoms with Crippen LogP contribution in [0.4, 0.5) is 14.5 Å². The average Bonchev–Trinajstić information content (AvgIpc) is 3.20. The Morgan fingerprint density at radius 2 is 1.97 bits per heavy atom. The van der Waals surface area contributed by atoms with Gasteiger partial charge in [-0.2, -0.15) is 5.10 Å². The van der Waals surface area contributed by atoms with E-state index in [0.717, 1.165) is 51.6 Å². The number of alkyl halides is 2. The lowest BCUT2D eigenvalue weighted by Gasteiger charge is -2.36. The summed E-state index contributed by atoms with van der Waals surface area (Å²) in [6, 6.07) is 5.82. The summed E-state index contributed by atoms with van der Waals surface area (Å²) in [6.45, 7) is 5.93. The van der Waals surface area contributed by atoms with Crippen molar-refractivity contribution in [1.82, 2.24) is 24.6 Å². The van der Waals surface area contributed by atoms with Crippen molar-refractivity contribution >= 4 is 16.6 Å². The van der Waals surface area contributed by atoms with E-state index < -0.39 is 13.0 Å². The van der Waals surface area contributed by atoms with Crippen LogP contribution in [0.15, 0.2) is 30.7 Å². The summed E-state index contributed by atoms with van der Waals surface area (Å²) in [7, 11) is 0. The fraction of sp³-hybridized carbons (Fsp3) is 0.476. The maximum atomic E-state index is 12.6. The van der Waals surface area contributed by atoms with Gasteiger partial charge in [0.15, 0.2) is 6.61 Å². The molecule has 0 aliphatic carbocycles. The SMILES string of the molecule is FC(F)COc1ncnc2ccc(N3CCN(Cc4cnn5c4COCC5)CC3)cc12. The van der Waals surface area contributed by atoms with Gasteiger partial charge in [0.25, 0.3) is 6.43 Å². The Morgan fingerprint density at radius 1 is 1.10 bits per heavy atom. The number of ether oxygens (including phenoxy) is 2. The summed E-state index contributed by atoms with van der Waals surface area (Å²) in [5.41, 5.74) is 4.10. The number of hydrogen-bond acceptors (Lipinski definition) is 7. The predicted octanol–water partition coefficient (Wildman–Crippen LogP) is 2.32. The van der Waals surface area contributed by atoms with Crippen LogP contribution in [-0.4, -0.2) is 70.5 Å². The Hall–Kier alpha value is -2.85. The van der Waals surface area contributed by atoms with Crippen LogP contribution in [0.5, 0.6) is 5.88 Å². The van der Waals surface area contributed by atoms with Gasteiger partial charge in [-0.05, 0) is 18.2 Å². The quantitative estimate of drug-likeness (QED) is 0.595. The average molecular weight is 430 g/mol. The molecule has 8 nitrogen and oxygen atoms in total. The van der Waals surface area contributed by atoms with Crippen molar-refractivity contribution in [3.05, 3.63) is 42.0 Å². The molecule has 2 aromatic heterocycles. The molecule has 2 aliphatic heterocycles. The first-order chi connectivity index (χ1) is 15.2. The van der Waals surface area contributed by atoms with E-state index in [2.05, 4.69) is 24.9 Å². The van der Waals surface area contributed by atoms with Gasteiger partial charge in [0.05, 0.1) is 42.6 Å². The minimum atomic E-state index is -2.55. The first-order valence-electron chi connectivity index (χ1n) is 10.4. The van der Waals surface area contributed by atoms with Gasteiger partial charge in [-0.1, -0.05) is 0 Å². The molecule has 3 aromatic rings. The van der Waals surface area contributed by atoms with Crippen molar-refractivity contribution in [2.45, 2.75) is 26.1 Å². The zero-order valence-electron chi connectivity index (χ0n) is 17.1. The second-order valence-electron chi connectivity index (χ2n) is 7.74. The van der Waals surface area contributed by atoms with Crippen molar-refractivity contribution in [3.8, 4) is 5.88 Å².